The molecule has 98 heavy (non-hydrogen) atoms. The molecule has 2 aliphatic heterocycles. The van der Waals surface area contributed by atoms with Gasteiger partial charge in [-0.05, 0) is 137 Å². The smallest absolute Gasteiger partial charge is 0.401 e. The van der Waals surface area contributed by atoms with Gasteiger partial charge in [0.05, 0.1) is 65.6 Å². The molecule has 11 rings (SSSR count). The Labute approximate surface area is 603 Å². The van der Waals surface area contributed by atoms with E-state index in [4.69, 9.17) is 88.1 Å². The first-order chi connectivity index (χ1) is 45.8. The summed E-state index contributed by atoms with van der Waals surface area (Å²) in [7, 11) is 1.60. The number of piperazine rings is 1. The second-order valence-corrected chi connectivity index (χ2v) is 29.0. The molecule has 0 radical (unpaired) electrons. The van der Waals surface area contributed by atoms with Gasteiger partial charge in [0.25, 0.3) is 0 Å². The number of benzene rings is 3. The molecule has 0 aliphatic carbocycles. The van der Waals surface area contributed by atoms with E-state index >= 15 is 0 Å². The van der Waals surface area contributed by atoms with Crippen molar-refractivity contribution in [1.82, 2.24) is 44.6 Å². The predicted octanol–water partition coefficient (Wildman–Crippen LogP) is 19.9. The lowest BCUT2D eigenvalue weighted by atomic mass is 10.1. The predicted molar refractivity (Wildman–Crippen MR) is 403 cm³/mol. The van der Waals surface area contributed by atoms with Crippen LogP contribution in [-0.4, -0.2) is 160 Å². The molecule has 9 aromatic rings. The maximum atomic E-state index is 12.6. The van der Waals surface area contributed by atoms with Crippen molar-refractivity contribution < 1.29 is 41.6 Å². The van der Waals surface area contributed by atoms with Crippen LogP contribution >= 0.6 is 68.8 Å². The van der Waals surface area contributed by atoms with E-state index in [1.165, 1.54) is 35.5 Å². The van der Waals surface area contributed by atoms with Crippen molar-refractivity contribution in [1.29, 1.82) is 0 Å². The largest absolute Gasteiger partial charge is 0.495 e. The summed E-state index contributed by atoms with van der Waals surface area (Å²) in [6.07, 6.45) is -0.276. The van der Waals surface area contributed by atoms with E-state index in [1.54, 1.807) is 35.8 Å². The lowest BCUT2D eigenvalue weighted by Crippen LogP contribution is -2.49. The average molecular weight is 1470 g/mol. The van der Waals surface area contributed by atoms with Crippen LogP contribution in [0.25, 0.3) is 66.2 Å². The van der Waals surface area contributed by atoms with E-state index in [0.717, 1.165) is 91.0 Å². The zero-order valence-corrected chi connectivity index (χ0v) is 61.5. The summed E-state index contributed by atoms with van der Waals surface area (Å²) >= 11 is 24.8. The molecule has 8 heterocycles. The molecule has 0 amide bonds. The number of likely N-dealkylation sites (tertiary alicyclic amines) is 1. The number of thiazole rings is 3. The molecule has 2 aliphatic rings. The molecule has 0 saturated carbocycles. The number of pyridine rings is 3. The Bertz CT molecular complexity index is 4030. The van der Waals surface area contributed by atoms with E-state index in [2.05, 4.69) is 72.3 Å². The van der Waals surface area contributed by atoms with Gasteiger partial charge in [-0.1, -0.05) is 69.9 Å². The number of nitrogens with zero attached hydrogens (tertiary/aromatic N) is 9. The fraction of sp³-hybridized carbons (Fsp3) is 0.500. The monoisotopic (exact) mass is 1470 g/mol. The Kier molecular flexibility index (Phi) is 29.3. The minimum absolute atomic E-state index is 0. The van der Waals surface area contributed by atoms with Gasteiger partial charge in [0.15, 0.2) is 10.3 Å². The molecule has 26 heteroatoms. The van der Waals surface area contributed by atoms with Crippen molar-refractivity contribution in [2.24, 2.45) is 0 Å². The molecule has 3 aromatic carbocycles. The zero-order chi connectivity index (χ0) is 69.0. The summed E-state index contributed by atoms with van der Waals surface area (Å²) in [6.45, 7) is 30.3. The zero-order valence-electron chi connectivity index (χ0n) is 56.8. The first-order valence-electron chi connectivity index (χ1n) is 32.6. The highest BCUT2D eigenvalue weighted by atomic mass is 35.5. The Morgan fingerprint density at radius 2 is 0.867 bits per heavy atom. The topological polar surface area (TPSA) is 166 Å². The maximum Gasteiger partial charge on any atom is 0.401 e. The Morgan fingerprint density at radius 3 is 1.27 bits per heavy atom. The summed E-state index contributed by atoms with van der Waals surface area (Å²) < 4.78 is 73.5. The molecule has 6 aromatic heterocycles. The highest BCUT2D eigenvalue weighted by Crippen LogP contribution is 2.43. The van der Waals surface area contributed by atoms with Crippen LogP contribution in [0.1, 0.15) is 129 Å². The van der Waals surface area contributed by atoms with Gasteiger partial charge in [0.1, 0.15) is 84.9 Å². The number of methoxy groups -OCH3 is 1. The van der Waals surface area contributed by atoms with Crippen molar-refractivity contribution in [3.8, 4) is 68.0 Å². The first-order valence-corrected chi connectivity index (χ1v) is 36.4. The van der Waals surface area contributed by atoms with Crippen molar-refractivity contribution in [2.45, 2.75) is 160 Å². The number of aromatic nitrogens is 6. The Hall–Kier alpha value is -6.28. The Balaban J connectivity index is 0.000000209. The van der Waals surface area contributed by atoms with Crippen LogP contribution in [0.5, 0.6) is 34.5 Å². The summed E-state index contributed by atoms with van der Waals surface area (Å²) in [4.78, 5) is 34.5. The van der Waals surface area contributed by atoms with E-state index < -0.39 is 12.7 Å². The number of rotatable bonds is 24. The van der Waals surface area contributed by atoms with E-state index in [1.807, 2.05) is 101 Å². The molecule has 0 unspecified atom stereocenters. The van der Waals surface area contributed by atoms with E-state index in [0.29, 0.717) is 118 Å². The number of anilines is 2. The van der Waals surface area contributed by atoms with E-state index in [9.17, 15) is 13.2 Å². The number of piperidine rings is 1. The molecular formula is C72H95Cl3F3N11O6S3. The minimum Gasteiger partial charge on any atom is -0.495 e. The standard InChI is InChI=1S/C26H33ClF3N5O2S.C25H33ClN4O2S.C19H21ClN2O2S.2CH4/c1-16(2)31-25-33-20(14-38-25)19-13-22(37-17(3)4)18-5-6-21(23(27)24(18)32-19)36-12-11-34-7-9-35(10-8-34)15-26(28,29)30;1-16(2)27-25-29-20(15-33-25)19-14-22(32-17(3)4)18-8-9-21(23(26)24(18)28-19)31-13-12-30-10-6-5-7-11-30;1-10(2)14-9-25-19(22-14)13-8-16(24-11(3)4)12-6-7-15(23-5)17(20)18(12)21-13;;/h5-6,13-14,16-17H,7-12,15H2,1-4H3,(H,31,33);8-9,14-17H,5-7,10-13H2,1-4H3,(H,27,29);6-11H,1-5H3;2*1H4. The van der Waals surface area contributed by atoms with Gasteiger partial charge < -0.3 is 39.1 Å². The van der Waals surface area contributed by atoms with Crippen LogP contribution in [-0.2, 0) is 0 Å². The van der Waals surface area contributed by atoms with Crippen LogP contribution < -0.4 is 39.1 Å². The number of hydrogen-bond acceptors (Lipinski definition) is 20. The molecule has 2 saturated heterocycles. The molecule has 0 bridgehead atoms. The fourth-order valence-electron chi connectivity index (χ4n) is 10.7. The minimum atomic E-state index is -4.17. The highest BCUT2D eigenvalue weighted by Gasteiger charge is 2.32. The maximum absolute atomic E-state index is 12.6. The number of ether oxygens (including phenoxy) is 6. The lowest BCUT2D eigenvalue weighted by molar-refractivity contribution is -0.149. The third kappa shape index (κ3) is 21.6. The summed E-state index contributed by atoms with van der Waals surface area (Å²) in [5.41, 5.74) is 6.62. The third-order valence-corrected chi connectivity index (χ3v) is 18.7. The number of fused-ring (bicyclic) bond motifs is 3. The van der Waals surface area contributed by atoms with Gasteiger partial charge in [0.2, 0.25) is 0 Å². The summed E-state index contributed by atoms with van der Waals surface area (Å²) in [5.74, 6) is 4.28. The quantitative estimate of drug-likeness (QED) is 0.0586. The highest BCUT2D eigenvalue weighted by molar-refractivity contribution is 7.14. The molecular weight excluding hydrogens is 1370 g/mol. The number of halogens is 6. The third-order valence-electron chi connectivity index (χ3n) is 15.2. The van der Waals surface area contributed by atoms with Gasteiger partial charge in [-0.15, -0.1) is 34.0 Å². The SMILES string of the molecule is C.C.CC(C)Nc1nc(-c2cc(OC(C)C)c3ccc(OCCN4CCCCC4)c(Cl)c3n2)cs1.CC(C)Nc1nc(-c2cc(OC(C)C)c3ccc(OCCN4CCN(CC(F)(F)F)CC4)c(Cl)c3n2)cs1.COc1ccc2c(OC(C)C)cc(-c3nc(C(C)C)cs3)nc2c1Cl. The first kappa shape index (κ1) is 79.1. The Morgan fingerprint density at radius 1 is 0.469 bits per heavy atom. The second kappa shape index (κ2) is 36.4. The van der Waals surface area contributed by atoms with Crippen LogP contribution in [0, 0.1) is 0 Å². The molecule has 2 fully saturated rings. The fourth-order valence-corrected chi connectivity index (χ4v) is 14.1. The van der Waals surface area contributed by atoms with Crippen molar-refractivity contribution in [3.05, 3.63) is 91.5 Å². The summed E-state index contributed by atoms with van der Waals surface area (Å²) in [5, 5.41) is 19.1. The molecule has 17 nitrogen and oxygen atoms in total. The lowest BCUT2D eigenvalue weighted by Gasteiger charge is -2.34. The normalized spacial score (nSPS) is 14.0. The van der Waals surface area contributed by atoms with Gasteiger partial charge in [-0.25, -0.2) is 29.9 Å². The van der Waals surface area contributed by atoms with E-state index in [-0.39, 0.29) is 39.2 Å². The van der Waals surface area contributed by atoms with Crippen LogP contribution in [0.2, 0.25) is 15.1 Å². The summed E-state index contributed by atoms with van der Waals surface area (Å²) in [6, 6.07) is 17.7. The number of alkyl halides is 3. The van der Waals surface area contributed by atoms with Crippen LogP contribution in [0.15, 0.2) is 70.7 Å². The average Bonchev–Trinajstić information content (AvgIpc) is 0.840. The number of nitrogens with one attached hydrogen (secondary N) is 2. The van der Waals surface area contributed by atoms with Gasteiger partial charge >= 0.3 is 6.18 Å². The second-order valence-electron chi connectivity index (χ2n) is 25.3. The molecule has 2 N–H and O–H groups in total. The molecule has 534 valence electrons. The molecule has 0 atom stereocenters. The van der Waals surface area contributed by atoms with Crippen molar-refractivity contribution >= 4 is 112 Å². The molecule has 0 spiro atoms. The van der Waals surface area contributed by atoms with Crippen LogP contribution in [0.3, 0.4) is 0 Å². The number of hydrogen-bond donors (Lipinski definition) is 2. The van der Waals surface area contributed by atoms with Gasteiger partial charge in [0, 0.05) is 102 Å². The van der Waals surface area contributed by atoms with Gasteiger partial charge in [-0.2, -0.15) is 13.2 Å². The van der Waals surface area contributed by atoms with Gasteiger partial charge in [-0.3, -0.25) is 14.7 Å². The van der Waals surface area contributed by atoms with Crippen LogP contribution in [0.4, 0.5) is 23.4 Å². The van der Waals surface area contributed by atoms with Crippen molar-refractivity contribution in [2.75, 3.05) is 89.9 Å². The van der Waals surface area contributed by atoms with Crippen molar-refractivity contribution in [3.63, 3.8) is 0 Å².